The fraction of sp³-hybridized carbons (Fsp3) is 0.222. The van der Waals surface area contributed by atoms with Gasteiger partial charge >= 0.3 is 6.40 Å². The quantitative estimate of drug-likeness (QED) is 0.337. The van der Waals surface area contributed by atoms with Crippen molar-refractivity contribution < 1.29 is 26.3 Å². The highest BCUT2D eigenvalue weighted by atomic mass is 79.9. The average Bonchev–Trinajstić information content (AvgIpc) is 2.03. The van der Waals surface area contributed by atoms with Gasteiger partial charge in [0.15, 0.2) is 0 Å². The second kappa shape index (κ2) is 5.77. The first-order valence-electron chi connectivity index (χ1n) is 3.50. The van der Waals surface area contributed by atoms with Crippen LogP contribution in [-0.2, 0) is 0 Å². The Balaban J connectivity index is 0.00000121. The maximum atomic E-state index is 5.27. The number of ether oxygens (including phenoxy) is 1. The van der Waals surface area contributed by atoms with Crippen LogP contribution in [0.2, 0.25) is 0 Å². The van der Waals surface area contributed by atoms with Gasteiger partial charge in [0.1, 0.15) is 19.8 Å². The van der Waals surface area contributed by atoms with Crippen LogP contribution in [0.15, 0.2) is 30.3 Å². The summed E-state index contributed by atoms with van der Waals surface area (Å²) in [4.78, 5) is 0. The maximum absolute atomic E-state index is 5.27. The van der Waals surface area contributed by atoms with Crippen molar-refractivity contribution in [3.63, 3.8) is 0 Å². The Hall–Kier alpha value is -0.830. The number of hydrogen-bond acceptors (Lipinski definition) is 1. The van der Waals surface area contributed by atoms with Crippen molar-refractivity contribution in [1.82, 2.24) is 0 Å². The smallest absolute Gasteiger partial charge is 0.328 e. The predicted octanol–water partition coefficient (Wildman–Crippen LogP) is -1.63. The van der Waals surface area contributed by atoms with E-state index in [1.54, 1.807) is 6.40 Å². The maximum Gasteiger partial charge on any atom is 0.328 e. The van der Waals surface area contributed by atoms with Gasteiger partial charge < -0.3 is 21.7 Å². The molecule has 2 nitrogen and oxygen atoms in total. The zero-order chi connectivity index (χ0) is 8.10. The minimum Gasteiger partial charge on any atom is -1.00 e. The fourth-order valence-electron chi connectivity index (χ4n) is 0.665. The van der Waals surface area contributed by atoms with Gasteiger partial charge in [0.25, 0.3) is 0 Å². The van der Waals surface area contributed by atoms with Crippen LogP contribution in [0.25, 0.3) is 0 Å². The summed E-state index contributed by atoms with van der Waals surface area (Å²) < 4.78 is 7.12. The first-order valence-corrected chi connectivity index (χ1v) is 3.50. The van der Waals surface area contributed by atoms with Crippen LogP contribution in [0.4, 0.5) is 0 Å². The number of rotatable bonds is 2. The van der Waals surface area contributed by atoms with E-state index >= 15 is 0 Å². The number of nitrogens with zero attached hydrogens (tertiary/aromatic N) is 1. The van der Waals surface area contributed by atoms with Crippen molar-refractivity contribution in [1.29, 1.82) is 0 Å². The van der Waals surface area contributed by atoms with E-state index in [0.29, 0.717) is 0 Å². The summed E-state index contributed by atoms with van der Waals surface area (Å²) in [7, 11) is 3.84. The summed E-state index contributed by atoms with van der Waals surface area (Å²) in [6.45, 7) is 0. The number of hydrogen-bond donors (Lipinski definition) is 0. The molecule has 1 aromatic rings. The van der Waals surface area contributed by atoms with Gasteiger partial charge in [0.05, 0.1) is 0 Å². The van der Waals surface area contributed by atoms with Crippen molar-refractivity contribution in [3.8, 4) is 5.75 Å². The highest BCUT2D eigenvalue weighted by Crippen LogP contribution is 2.06. The van der Waals surface area contributed by atoms with Crippen LogP contribution in [0.5, 0.6) is 5.75 Å². The first-order chi connectivity index (χ1) is 5.29. The number of para-hydroxylation sites is 1. The van der Waals surface area contributed by atoms with E-state index in [0.717, 1.165) is 5.75 Å². The Morgan fingerprint density at radius 2 is 1.75 bits per heavy atom. The van der Waals surface area contributed by atoms with E-state index in [2.05, 4.69) is 0 Å². The van der Waals surface area contributed by atoms with Crippen LogP contribution in [0, 0.1) is 0 Å². The summed E-state index contributed by atoms with van der Waals surface area (Å²) in [5, 5.41) is 0. The first kappa shape index (κ1) is 11.2. The van der Waals surface area contributed by atoms with Crippen molar-refractivity contribution in [3.05, 3.63) is 30.3 Å². The zero-order valence-electron chi connectivity index (χ0n) is 7.20. The SMILES string of the molecule is C[N+](C)=COc1ccccc1.[Br-]. The highest BCUT2D eigenvalue weighted by Gasteiger charge is 1.88. The molecule has 0 amide bonds. The number of benzene rings is 1. The second-order valence-electron chi connectivity index (χ2n) is 2.50. The molecule has 3 heteroatoms. The monoisotopic (exact) mass is 229 g/mol. The van der Waals surface area contributed by atoms with Gasteiger partial charge in [-0.25, -0.2) is 4.58 Å². The third-order valence-electron chi connectivity index (χ3n) is 1.14. The molecule has 0 aliphatic rings. The molecule has 0 unspecified atom stereocenters. The summed E-state index contributed by atoms with van der Waals surface area (Å²) in [6, 6.07) is 9.68. The molecule has 0 aromatic heterocycles. The van der Waals surface area contributed by atoms with Crippen LogP contribution < -0.4 is 21.7 Å². The Morgan fingerprint density at radius 3 is 2.25 bits per heavy atom. The van der Waals surface area contributed by atoms with Crippen LogP contribution in [-0.4, -0.2) is 25.1 Å². The molecule has 0 saturated carbocycles. The van der Waals surface area contributed by atoms with Crippen LogP contribution >= 0.6 is 0 Å². The Morgan fingerprint density at radius 1 is 1.17 bits per heavy atom. The van der Waals surface area contributed by atoms with Gasteiger partial charge in [-0.3, -0.25) is 0 Å². The minimum absolute atomic E-state index is 0. The van der Waals surface area contributed by atoms with Gasteiger partial charge in [0.2, 0.25) is 0 Å². The molecular weight excluding hydrogens is 218 g/mol. The molecule has 0 aliphatic heterocycles. The topological polar surface area (TPSA) is 12.2 Å². The molecule has 0 fully saturated rings. The molecule has 0 N–H and O–H groups in total. The van der Waals surface area contributed by atoms with Gasteiger partial charge in [0, 0.05) is 0 Å². The van der Waals surface area contributed by atoms with Gasteiger partial charge in [-0.05, 0) is 12.1 Å². The van der Waals surface area contributed by atoms with E-state index in [1.807, 2.05) is 49.0 Å². The molecule has 1 aromatic carbocycles. The van der Waals surface area contributed by atoms with Gasteiger partial charge in [-0.2, -0.15) is 0 Å². The Kier molecular flexibility index (Phi) is 5.37. The van der Waals surface area contributed by atoms with Crippen molar-refractivity contribution >= 4 is 6.40 Å². The largest absolute Gasteiger partial charge is 1.00 e. The molecule has 0 atom stereocenters. The molecule has 0 aliphatic carbocycles. The summed E-state index contributed by atoms with van der Waals surface area (Å²) in [5.41, 5.74) is 0. The Bertz CT molecular complexity index is 242. The molecular formula is C9H12BrNO. The van der Waals surface area contributed by atoms with Crippen molar-refractivity contribution in [2.45, 2.75) is 0 Å². The molecule has 0 radical (unpaired) electrons. The normalized spacial score (nSPS) is 8.17. The zero-order valence-corrected chi connectivity index (χ0v) is 8.78. The van der Waals surface area contributed by atoms with E-state index in [-0.39, 0.29) is 17.0 Å². The lowest BCUT2D eigenvalue weighted by molar-refractivity contribution is -0.466. The molecule has 12 heavy (non-hydrogen) atoms. The van der Waals surface area contributed by atoms with Gasteiger partial charge in [-0.1, -0.05) is 18.2 Å². The second-order valence-corrected chi connectivity index (χ2v) is 2.50. The molecule has 66 valence electrons. The van der Waals surface area contributed by atoms with E-state index in [1.165, 1.54) is 0 Å². The lowest BCUT2D eigenvalue weighted by Gasteiger charge is -1.94. The van der Waals surface area contributed by atoms with E-state index in [9.17, 15) is 0 Å². The van der Waals surface area contributed by atoms with Gasteiger partial charge in [-0.15, -0.1) is 0 Å². The lowest BCUT2D eigenvalue weighted by Crippen LogP contribution is -3.00. The highest BCUT2D eigenvalue weighted by molar-refractivity contribution is 5.46. The Labute approximate surface area is 83.3 Å². The van der Waals surface area contributed by atoms with E-state index in [4.69, 9.17) is 4.74 Å². The van der Waals surface area contributed by atoms with Crippen molar-refractivity contribution in [2.24, 2.45) is 0 Å². The minimum atomic E-state index is 0. The average molecular weight is 230 g/mol. The van der Waals surface area contributed by atoms with Crippen LogP contribution in [0.1, 0.15) is 0 Å². The molecule has 0 saturated heterocycles. The molecule has 1 rings (SSSR count). The van der Waals surface area contributed by atoms with Crippen LogP contribution in [0.3, 0.4) is 0 Å². The third kappa shape index (κ3) is 4.13. The predicted molar refractivity (Wildman–Crippen MR) is 45.2 cm³/mol. The summed E-state index contributed by atoms with van der Waals surface area (Å²) in [5.74, 6) is 0.862. The number of halogens is 1. The molecule has 0 spiro atoms. The standard InChI is InChI=1S/C9H12NO.BrH/c1-10(2)8-11-9-6-4-3-5-7-9;/h3-8H,1-2H3;1H/q+1;/p-1. The third-order valence-corrected chi connectivity index (χ3v) is 1.14. The summed E-state index contributed by atoms with van der Waals surface area (Å²) in [6.07, 6.45) is 1.66. The molecule has 0 heterocycles. The summed E-state index contributed by atoms with van der Waals surface area (Å²) >= 11 is 0. The lowest BCUT2D eigenvalue weighted by atomic mass is 10.3. The molecule has 0 bridgehead atoms. The van der Waals surface area contributed by atoms with Crippen molar-refractivity contribution in [2.75, 3.05) is 14.1 Å². The van der Waals surface area contributed by atoms with E-state index < -0.39 is 0 Å². The fourth-order valence-corrected chi connectivity index (χ4v) is 0.665.